The van der Waals surface area contributed by atoms with Crippen molar-refractivity contribution in [3.05, 3.63) is 35.9 Å². The first-order valence-corrected chi connectivity index (χ1v) is 8.47. The molecule has 0 aliphatic carbocycles. The van der Waals surface area contributed by atoms with Crippen molar-refractivity contribution in [2.24, 2.45) is 5.73 Å². The monoisotopic (exact) mass is 333 g/mol. The average molecular weight is 333 g/mol. The first-order valence-electron chi connectivity index (χ1n) is 8.47. The van der Waals surface area contributed by atoms with Crippen LogP contribution in [-0.2, 0) is 16.1 Å². The summed E-state index contributed by atoms with van der Waals surface area (Å²) in [7, 11) is 1.73. The molecule has 0 unspecified atom stereocenters. The smallest absolute Gasteiger partial charge is 0.410 e. The van der Waals surface area contributed by atoms with Crippen molar-refractivity contribution in [3.63, 3.8) is 0 Å². The highest BCUT2D eigenvalue weighted by Crippen LogP contribution is 2.19. The molecule has 0 spiro atoms. The number of benzene rings is 1. The number of carbonyl (C=O) groups is 2. The first kappa shape index (κ1) is 18.3. The maximum absolute atomic E-state index is 12.4. The molecule has 1 saturated heterocycles. The third kappa shape index (κ3) is 4.96. The number of nitrogens with zero attached hydrogens (tertiary/aromatic N) is 2. The molecule has 24 heavy (non-hydrogen) atoms. The maximum atomic E-state index is 12.4. The van der Waals surface area contributed by atoms with Crippen LogP contribution in [0.2, 0.25) is 0 Å². The van der Waals surface area contributed by atoms with Gasteiger partial charge in [-0.15, -0.1) is 0 Å². The van der Waals surface area contributed by atoms with Gasteiger partial charge in [0.2, 0.25) is 5.91 Å². The second-order valence-electron chi connectivity index (χ2n) is 6.39. The quantitative estimate of drug-likeness (QED) is 0.894. The summed E-state index contributed by atoms with van der Waals surface area (Å²) in [6, 6.07) is 9.07. The molecule has 0 radical (unpaired) electrons. The zero-order valence-electron chi connectivity index (χ0n) is 14.5. The summed E-state index contributed by atoms with van der Waals surface area (Å²) in [4.78, 5) is 27.8. The fraction of sp³-hybridized carbons (Fsp3) is 0.556. The molecule has 2 atom stereocenters. The number of nitrogens with two attached hydrogens (primary N) is 1. The van der Waals surface area contributed by atoms with Crippen LogP contribution in [0.15, 0.2) is 30.3 Å². The fourth-order valence-corrected chi connectivity index (χ4v) is 2.99. The molecule has 1 aromatic carbocycles. The average Bonchev–Trinajstić information content (AvgIpc) is 2.60. The van der Waals surface area contributed by atoms with Gasteiger partial charge >= 0.3 is 6.09 Å². The first-order chi connectivity index (χ1) is 11.5. The second-order valence-corrected chi connectivity index (χ2v) is 6.39. The Hall–Kier alpha value is -2.08. The van der Waals surface area contributed by atoms with E-state index in [1.165, 1.54) is 0 Å². The number of likely N-dealkylation sites (tertiary alicyclic amines) is 1. The van der Waals surface area contributed by atoms with Crippen LogP contribution in [-0.4, -0.2) is 54.0 Å². The fourth-order valence-electron chi connectivity index (χ4n) is 2.99. The normalized spacial score (nSPS) is 18.8. The van der Waals surface area contributed by atoms with Crippen molar-refractivity contribution in [3.8, 4) is 0 Å². The Morgan fingerprint density at radius 2 is 2.04 bits per heavy atom. The number of hydrogen-bond donors (Lipinski definition) is 1. The lowest BCUT2D eigenvalue weighted by Gasteiger charge is -2.37. The van der Waals surface area contributed by atoms with Gasteiger partial charge in [-0.25, -0.2) is 4.79 Å². The van der Waals surface area contributed by atoms with E-state index in [0.717, 1.165) is 24.8 Å². The molecular weight excluding hydrogens is 306 g/mol. The van der Waals surface area contributed by atoms with Gasteiger partial charge in [0.05, 0.1) is 12.1 Å². The highest BCUT2D eigenvalue weighted by molar-refractivity contribution is 5.81. The largest absolute Gasteiger partial charge is 0.445 e. The summed E-state index contributed by atoms with van der Waals surface area (Å²) >= 11 is 0. The van der Waals surface area contributed by atoms with Crippen LogP contribution < -0.4 is 5.73 Å². The standard InChI is InChI=1S/C18H27N3O3/c1-14(19)17(22)20(2)12-16-10-6-7-11-21(16)18(23)24-13-15-8-4-3-5-9-15/h3-5,8-9,14,16H,6-7,10-13,19H2,1-2H3/t14-,16+/m0/s1. The predicted octanol–water partition coefficient (Wildman–Crippen LogP) is 1.98. The van der Waals surface area contributed by atoms with Gasteiger partial charge in [-0.05, 0) is 31.7 Å². The number of rotatable bonds is 5. The van der Waals surface area contributed by atoms with Crippen molar-refractivity contribution in [2.45, 2.75) is 44.9 Å². The van der Waals surface area contributed by atoms with Crippen LogP contribution in [0.1, 0.15) is 31.7 Å². The van der Waals surface area contributed by atoms with Gasteiger partial charge in [0.1, 0.15) is 6.61 Å². The molecule has 1 aromatic rings. The van der Waals surface area contributed by atoms with Gasteiger partial charge in [0, 0.05) is 20.1 Å². The van der Waals surface area contributed by atoms with Gasteiger partial charge in [-0.1, -0.05) is 30.3 Å². The molecular formula is C18H27N3O3. The summed E-state index contributed by atoms with van der Waals surface area (Å²) in [5.74, 6) is -0.113. The van der Waals surface area contributed by atoms with E-state index in [1.54, 1.807) is 23.8 Å². The minimum absolute atomic E-state index is 0.0188. The molecule has 2 N–H and O–H groups in total. The highest BCUT2D eigenvalue weighted by atomic mass is 16.6. The second kappa shape index (κ2) is 8.68. The van der Waals surface area contributed by atoms with Crippen LogP contribution in [0, 0.1) is 0 Å². The third-order valence-electron chi connectivity index (χ3n) is 4.32. The van der Waals surface area contributed by atoms with E-state index in [1.807, 2.05) is 30.3 Å². The summed E-state index contributed by atoms with van der Waals surface area (Å²) < 4.78 is 5.45. The van der Waals surface area contributed by atoms with E-state index in [-0.39, 0.29) is 24.6 Å². The molecule has 0 bridgehead atoms. The Kier molecular flexibility index (Phi) is 6.61. The Morgan fingerprint density at radius 3 is 2.71 bits per heavy atom. The zero-order valence-corrected chi connectivity index (χ0v) is 14.5. The molecule has 1 fully saturated rings. The molecule has 1 aliphatic rings. The van der Waals surface area contributed by atoms with Gasteiger partial charge in [-0.2, -0.15) is 0 Å². The summed E-state index contributed by atoms with van der Waals surface area (Å²) in [5, 5.41) is 0. The summed E-state index contributed by atoms with van der Waals surface area (Å²) in [6.07, 6.45) is 2.57. The SMILES string of the molecule is C[C@H](N)C(=O)N(C)C[C@H]1CCCCN1C(=O)OCc1ccccc1. The van der Waals surface area contributed by atoms with Crippen LogP contribution >= 0.6 is 0 Å². The molecule has 2 rings (SSSR count). The summed E-state index contributed by atoms with van der Waals surface area (Å²) in [6.45, 7) is 3.09. The van der Waals surface area contributed by atoms with Crippen LogP contribution in [0.5, 0.6) is 0 Å². The number of ether oxygens (including phenoxy) is 1. The Balaban J connectivity index is 1.92. The zero-order chi connectivity index (χ0) is 17.5. The number of hydrogen-bond acceptors (Lipinski definition) is 4. The van der Waals surface area contributed by atoms with Crippen molar-refractivity contribution in [1.29, 1.82) is 0 Å². The van der Waals surface area contributed by atoms with Gasteiger partial charge in [0.25, 0.3) is 0 Å². The molecule has 1 aliphatic heterocycles. The van der Waals surface area contributed by atoms with Crippen molar-refractivity contribution < 1.29 is 14.3 Å². The van der Waals surface area contributed by atoms with E-state index in [4.69, 9.17) is 10.5 Å². The van der Waals surface area contributed by atoms with E-state index in [0.29, 0.717) is 13.1 Å². The van der Waals surface area contributed by atoms with E-state index in [9.17, 15) is 9.59 Å². The van der Waals surface area contributed by atoms with Crippen LogP contribution in [0.4, 0.5) is 4.79 Å². The van der Waals surface area contributed by atoms with Gasteiger partial charge < -0.3 is 20.3 Å². The number of likely N-dealkylation sites (N-methyl/N-ethyl adjacent to an activating group) is 1. The van der Waals surface area contributed by atoms with Crippen molar-refractivity contribution in [1.82, 2.24) is 9.80 Å². The van der Waals surface area contributed by atoms with Gasteiger partial charge in [-0.3, -0.25) is 4.79 Å². The maximum Gasteiger partial charge on any atom is 0.410 e. The molecule has 2 amide bonds. The lowest BCUT2D eigenvalue weighted by atomic mass is 10.0. The Morgan fingerprint density at radius 1 is 1.33 bits per heavy atom. The van der Waals surface area contributed by atoms with Crippen molar-refractivity contribution in [2.75, 3.05) is 20.1 Å². The minimum atomic E-state index is -0.530. The molecule has 1 heterocycles. The van der Waals surface area contributed by atoms with Crippen LogP contribution in [0.3, 0.4) is 0 Å². The molecule has 6 heteroatoms. The van der Waals surface area contributed by atoms with Crippen molar-refractivity contribution >= 4 is 12.0 Å². The number of carbonyl (C=O) groups excluding carboxylic acids is 2. The van der Waals surface area contributed by atoms with Crippen LogP contribution in [0.25, 0.3) is 0 Å². The minimum Gasteiger partial charge on any atom is -0.445 e. The summed E-state index contributed by atoms with van der Waals surface area (Å²) in [5.41, 5.74) is 6.61. The molecule has 0 saturated carbocycles. The third-order valence-corrected chi connectivity index (χ3v) is 4.32. The number of piperidine rings is 1. The topological polar surface area (TPSA) is 75.9 Å². The number of amides is 2. The lowest BCUT2D eigenvalue weighted by Crippen LogP contribution is -2.51. The lowest BCUT2D eigenvalue weighted by molar-refractivity contribution is -0.131. The molecule has 132 valence electrons. The van der Waals surface area contributed by atoms with E-state index >= 15 is 0 Å². The highest BCUT2D eigenvalue weighted by Gasteiger charge is 2.30. The molecule has 0 aromatic heterocycles. The van der Waals surface area contributed by atoms with E-state index in [2.05, 4.69) is 0 Å². The van der Waals surface area contributed by atoms with E-state index < -0.39 is 6.04 Å². The Bertz CT molecular complexity index is 548. The predicted molar refractivity (Wildman–Crippen MR) is 92.3 cm³/mol. The van der Waals surface area contributed by atoms with Gasteiger partial charge in [0.15, 0.2) is 0 Å². The molecule has 6 nitrogen and oxygen atoms in total. The Labute approximate surface area is 143 Å².